The molecule has 1 aliphatic rings. The first-order valence-corrected chi connectivity index (χ1v) is 13.7. The van der Waals surface area contributed by atoms with Crippen LogP contribution < -0.4 is 9.72 Å². The lowest BCUT2D eigenvalue weighted by Gasteiger charge is -2.41. The summed E-state index contributed by atoms with van der Waals surface area (Å²) < 4.78 is 31.3. The summed E-state index contributed by atoms with van der Waals surface area (Å²) in [7, 11) is -3.05. The topological polar surface area (TPSA) is 9.03 Å². The van der Waals surface area contributed by atoms with E-state index in [1.54, 1.807) is 0 Å². The highest BCUT2D eigenvalue weighted by molar-refractivity contribution is 6.91. The molecule has 0 N–H and O–H groups in total. The Balaban J connectivity index is 2.25. The van der Waals surface area contributed by atoms with Gasteiger partial charge in [-0.2, -0.15) is 4.40 Å². The molecule has 2 aromatic heterocycles. The maximum Gasteiger partial charge on any atom is 0.295 e. The van der Waals surface area contributed by atoms with Gasteiger partial charge in [0, 0.05) is 27.4 Å². The summed E-state index contributed by atoms with van der Waals surface area (Å²) in [5, 5.41) is 4.38. The molecule has 30 heavy (non-hydrogen) atoms. The van der Waals surface area contributed by atoms with Crippen LogP contribution >= 0.6 is 0 Å². The van der Waals surface area contributed by atoms with Crippen LogP contribution in [0.25, 0.3) is 27.3 Å². The van der Waals surface area contributed by atoms with E-state index in [2.05, 4.69) is 100 Å². The van der Waals surface area contributed by atoms with E-state index in [-0.39, 0.29) is 6.04 Å². The van der Waals surface area contributed by atoms with Crippen molar-refractivity contribution in [1.29, 1.82) is 0 Å². The van der Waals surface area contributed by atoms with Gasteiger partial charge in [0.2, 0.25) is 0 Å². The Hall–Kier alpha value is -2.13. The first kappa shape index (κ1) is 16.5. The molecule has 0 radical (unpaired) electrons. The largest absolute Gasteiger partial charge is 0.295 e. The Morgan fingerprint density at radius 1 is 1.03 bits per heavy atom. The Labute approximate surface area is 185 Å². The highest BCUT2D eigenvalue weighted by Crippen LogP contribution is 2.43. The van der Waals surface area contributed by atoms with E-state index in [9.17, 15) is 0 Å². The Bertz CT molecular complexity index is 1460. The van der Waals surface area contributed by atoms with E-state index in [4.69, 9.17) is 4.11 Å². The third kappa shape index (κ3) is 2.12. The summed E-state index contributed by atoms with van der Waals surface area (Å²) in [6.45, 7) is 15.5. The lowest BCUT2D eigenvalue weighted by Crippen LogP contribution is -2.68. The first-order valence-electron chi connectivity index (χ1n) is 12.7. The number of para-hydroxylation sites is 1. The second-order valence-electron chi connectivity index (χ2n) is 10.4. The number of aromatic nitrogens is 2. The maximum absolute atomic E-state index is 8.83. The molecule has 156 valence electrons. The Morgan fingerprint density at radius 2 is 1.70 bits per heavy atom. The molecule has 0 saturated carbocycles. The van der Waals surface area contributed by atoms with Gasteiger partial charge in [0.1, 0.15) is 24.6 Å². The third-order valence-corrected chi connectivity index (χ3v) is 12.1. The van der Waals surface area contributed by atoms with E-state index in [0.717, 1.165) is 16.7 Å². The highest BCUT2D eigenvalue weighted by Gasteiger charge is 2.53. The first-order chi connectivity index (χ1) is 15.3. The monoisotopic (exact) mass is 418 g/mol. The highest BCUT2D eigenvalue weighted by atomic mass is 28.3. The molecule has 5 rings (SSSR count). The van der Waals surface area contributed by atoms with Crippen LogP contribution in [0.5, 0.6) is 0 Å². The van der Waals surface area contributed by atoms with Gasteiger partial charge in [0.05, 0.1) is 11.4 Å². The summed E-state index contributed by atoms with van der Waals surface area (Å²) in [5.74, 6) is 0.364. The summed E-state index contributed by atoms with van der Waals surface area (Å²) in [6.07, 6.45) is 0. The Kier molecular flexibility index (Phi) is 3.29. The van der Waals surface area contributed by atoms with Crippen molar-refractivity contribution in [1.82, 2.24) is 4.57 Å². The molecule has 2 aromatic carbocycles. The fourth-order valence-electron chi connectivity index (χ4n) is 5.91. The van der Waals surface area contributed by atoms with Crippen molar-refractivity contribution in [2.24, 2.45) is 0 Å². The van der Waals surface area contributed by atoms with Crippen LogP contribution in [0.4, 0.5) is 0 Å². The minimum absolute atomic E-state index is 0.220. The van der Waals surface area contributed by atoms with E-state index in [1.165, 1.54) is 32.8 Å². The minimum Gasteiger partial charge on any atom is -0.225 e. The van der Waals surface area contributed by atoms with Crippen LogP contribution in [-0.2, 0) is 5.04 Å². The van der Waals surface area contributed by atoms with Crippen molar-refractivity contribution < 1.29 is 8.51 Å². The molecule has 0 spiro atoms. The van der Waals surface area contributed by atoms with Crippen molar-refractivity contribution in [3.8, 4) is 0 Å². The quantitative estimate of drug-likeness (QED) is 0.205. The number of nitrogens with zero attached hydrogens (tertiary/aromatic N) is 2. The number of imidazole rings is 1. The average Bonchev–Trinajstić information content (AvgIpc) is 3.04. The standard InChI is InChI=1S/C27H35N2Si/c1-16(2)19-12-10-13-20-21-14-11-15-22-24(21)29-25(23(19)20)28(17(3)4)18(5)26(29)30(8,9)27(22,6)7/h10-17H,1-9H3/q+1/i8D3. The molecule has 2 nitrogen and oxygen atoms in total. The summed E-state index contributed by atoms with van der Waals surface area (Å²) in [6, 6.07) is 13.4. The lowest BCUT2D eigenvalue weighted by molar-refractivity contribution is -0.462. The number of rotatable bonds is 2. The normalized spacial score (nSPS) is 22.4. The molecule has 3 heteroatoms. The van der Waals surface area contributed by atoms with Gasteiger partial charge in [-0.25, -0.2) is 4.57 Å². The molecule has 1 unspecified atom stereocenters. The van der Waals surface area contributed by atoms with Crippen LogP contribution in [0.3, 0.4) is 0 Å². The second kappa shape index (κ2) is 5.97. The average molecular weight is 419 g/mol. The van der Waals surface area contributed by atoms with Gasteiger partial charge in [0.15, 0.2) is 0 Å². The van der Waals surface area contributed by atoms with E-state index < -0.39 is 19.6 Å². The van der Waals surface area contributed by atoms with Crippen LogP contribution in [-0.4, -0.2) is 12.6 Å². The zero-order valence-electron chi connectivity index (χ0n) is 22.5. The van der Waals surface area contributed by atoms with Gasteiger partial charge in [-0.15, -0.1) is 0 Å². The molecule has 0 amide bonds. The van der Waals surface area contributed by atoms with Gasteiger partial charge < -0.3 is 0 Å². The van der Waals surface area contributed by atoms with Gasteiger partial charge in [-0.05, 0) is 30.4 Å². The summed E-state index contributed by atoms with van der Waals surface area (Å²) >= 11 is 0. The number of benzene rings is 2. The molecule has 0 bridgehead atoms. The molecule has 0 saturated heterocycles. The van der Waals surface area contributed by atoms with Crippen molar-refractivity contribution in [3.05, 3.63) is 53.2 Å². The van der Waals surface area contributed by atoms with Crippen molar-refractivity contribution in [2.75, 3.05) is 0 Å². The molecule has 4 aromatic rings. The van der Waals surface area contributed by atoms with E-state index in [0.29, 0.717) is 5.92 Å². The SMILES string of the molecule is [2H]C([2H])([2H])[Si]1(C)c2c(C)n(C(C)C)c3c4c(C(C)C)cccc4c4cccc(c4[n+]23)C1(C)C. The van der Waals surface area contributed by atoms with Crippen molar-refractivity contribution in [2.45, 2.75) is 78.5 Å². The zero-order valence-corrected chi connectivity index (χ0v) is 20.5. The molecule has 1 aliphatic heterocycles. The maximum atomic E-state index is 8.83. The minimum atomic E-state index is -3.05. The fourth-order valence-corrected chi connectivity index (χ4v) is 8.75. The molecule has 3 heterocycles. The van der Waals surface area contributed by atoms with Gasteiger partial charge >= 0.3 is 0 Å². The third-order valence-electron chi connectivity index (χ3n) is 7.77. The molecule has 1 atom stereocenters. The van der Waals surface area contributed by atoms with Crippen LogP contribution in [0.1, 0.15) is 74.4 Å². The fraction of sp³-hybridized carbons (Fsp3) is 0.444. The molecular weight excluding hydrogens is 380 g/mol. The predicted octanol–water partition coefficient (Wildman–Crippen LogP) is 6.29. The Morgan fingerprint density at radius 3 is 2.33 bits per heavy atom. The smallest absolute Gasteiger partial charge is 0.225 e. The second-order valence-corrected chi connectivity index (χ2v) is 14.4. The number of fused-ring (bicyclic) bond motifs is 3. The number of hydrogen-bond acceptors (Lipinski definition) is 0. The van der Waals surface area contributed by atoms with E-state index >= 15 is 0 Å². The lowest BCUT2D eigenvalue weighted by atomic mass is 9.92. The number of pyridine rings is 1. The van der Waals surface area contributed by atoms with E-state index in [1.807, 2.05) is 0 Å². The summed E-state index contributed by atoms with van der Waals surface area (Å²) in [4.78, 5) is 0. The zero-order chi connectivity index (χ0) is 24.2. The molecule has 0 aliphatic carbocycles. The van der Waals surface area contributed by atoms with Gasteiger partial charge in [-0.1, -0.05) is 77.1 Å². The van der Waals surface area contributed by atoms with Crippen LogP contribution in [0.2, 0.25) is 13.0 Å². The predicted molar refractivity (Wildman–Crippen MR) is 132 cm³/mol. The van der Waals surface area contributed by atoms with Crippen LogP contribution in [0.15, 0.2) is 36.4 Å². The van der Waals surface area contributed by atoms with Crippen molar-refractivity contribution >= 4 is 40.7 Å². The summed E-state index contributed by atoms with van der Waals surface area (Å²) in [5.41, 5.74) is 5.96. The van der Waals surface area contributed by atoms with Gasteiger partial charge in [0.25, 0.3) is 5.65 Å². The number of hydrogen-bond donors (Lipinski definition) is 0. The molecule has 0 fully saturated rings. The van der Waals surface area contributed by atoms with Crippen LogP contribution in [0, 0.1) is 6.92 Å². The van der Waals surface area contributed by atoms with Crippen molar-refractivity contribution in [3.63, 3.8) is 0 Å². The molecular formula is C27H35N2Si+. The van der Waals surface area contributed by atoms with Gasteiger partial charge in [-0.3, -0.25) is 0 Å².